The summed E-state index contributed by atoms with van der Waals surface area (Å²) in [6, 6.07) is 0. The SMILES string of the molecule is C=CCN=C1NC(Cl)=NC(Cl)N1OC(F)F. The van der Waals surface area contributed by atoms with Gasteiger partial charge in [-0.1, -0.05) is 17.7 Å². The summed E-state index contributed by atoms with van der Waals surface area (Å²) in [5.74, 6) is -0.0554. The second kappa shape index (κ2) is 5.97. The number of nitrogens with zero attached hydrogens (tertiary/aromatic N) is 3. The van der Waals surface area contributed by atoms with Crippen molar-refractivity contribution in [3.8, 4) is 0 Å². The Labute approximate surface area is 100 Å². The van der Waals surface area contributed by atoms with E-state index in [1.165, 1.54) is 6.08 Å². The number of guanidine groups is 1. The topological polar surface area (TPSA) is 49.2 Å². The van der Waals surface area contributed by atoms with Crippen LogP contribution in [0.1, 0.15) is 0 Å². The molecule has 0 fully saturated rings. The van der Waals surface area contributed by atoms with Crippen molar-refractivity contribution >= 4 is 34.5 Å². The highest BCUT2D eigenvalue weighted by Gasteiger charge is 2.29. The Morgan fingerprint density at radius 1 is 1.75 bits per heavy atom. The van der Waals surface area contributed by atoms with E-state index >= 15 is 0 Å². The van der Waals surface area contributed by atoms with E-state index in [1.807, 2.05) is 0 Å². The number of nitrogens with one attached hydrogen (secondary N) is 1. The first-order chi connectivity index (χ1) is 7.54. The summed E-state index contributed by atoms with van der Waals surface area (Å²) >= 11 is 11.2. The first kappa shape index (κ1) is 13.1. The van der Waals surface area contributed by atoms with Crippen molar-refractivity contribution in [1.82, 2.24) is 10.4 Å². The maximum atomic E-state index is 12.1. The summed E-state index contributed by atoms with van der Waals surface area (Å²) in [7, 11) is 0. The molecule has 0 radical (unpaired) electrons. The van der Waals surface area contributed by atoms with Crippen LogP contribution in [0.4, 0.5) is 8.78 Å². The Hall–Kier alpha value is -0.920. The van der Waals surface area contributed by atoms with Crippen LogP contribution in [0, 0.1) is 0 Å². The van der Waals surface area contributed by atoms with Crippen LogP contribution in [0.15, 0.2) is 22.6 Å². The number of amidine groups is 1. The van der Waals surface area contributed by atoms with Gasteiger partial charge in [0.2, 0.25) is 16.9 Å². The van der Waals surface area contributed by atoms with Crippen LogP contribution in [-0.2, 0) is 4.84 Å². The Morgan fingerprint density at radius 3 is 3.00 bits per heavy atom. The molecule has 0 saturated carbocycles. The third-order valence-electron chi connectivity index (χ3n) is 1.40. The van der Waals surface area contributed by atoms with Crippen LogP contribution >= 0.6 is 23.2 Å². The van der Waals surface area contributed by atoms with Crippen LogP contribution in [0.5, 0.6) is 0 Å². The zero-order valence-electron chi connectivity index (χ0n) is 7.91. The number of aliphatic imine (C=N–C) groups is 2. The molecule has 0 aromatic heterocycles. The molecule has 0 bridgehead atoms. The van der Waals surface area contributed by atoms with Gasteiger partial charge in [0, 0.05) is 0 Å². The van der Waals surface area contributed by atoms with Gasteiger partial charge in [-0.15, -0.1) is 6.58 Å². The highest BCUT2D eigenvalue weighted by molar-refractivity contribution is 6.66. The fraction of sp³-hybridized carbons (Fsp3) is 0.429. The van der Waals surface area contributed by atoms with Crippen LogP contribution in [0.25, 0.3) is 0 Å². The number of hydroxylamine groups is 2. The van der Waals surface area contributed by atoms with Gasteiger partial charge in [0.1, 0.15) is 0 Å². The molecule has 1 rings (SSSR count). The van der Waals surface area contributed by atoms with E-state index in [-0.39, 0.29) is 17.8 Å². The maximum absolute atomic E-state index is 12.1. The molecule has 1 aliphatic rings. The molecule has 5 nitrogen and oxygen atoms in total. The lowest BCUT2D eigenvalue weighted by atomic mass is 10.6. The molecule has 1 atom stereocenters. The van der Waals surface area contributed by atoms with Gasteiger partial charge in [-0.3, -0.25) is 5.32 Å². The van der Waals surface area contributed by atoms with Crippen LogP contribution in [0.3, 0.4) is 0 Å². The smallest absolute Gasteiger partial charge is 0.299 e. The largest absolute Gasteiger partial charge is 0.365 e. The number of alkyl halides is 3. The number of halogens is 4. The predicted octanol–water partition coefficient (Wildman–Crippen LogP) is 1.71. The third kappa shape index (κ3) is 3.58. The average molecular weight is 273 g/mol. The molecule has 0 aliphatic carbocycles. The highest BCUT2D eigenvalue weighted by atomic mass is 35.5. The molecule has 1 heterocycles. The number of hydrogen-bond donors (Lipinski definition) is 1. The molecular formula is C7H8Cl2F2N4O. The molecule has 1 aliphatic heterocycles. The summed E-state index contributed by atoms with van der Waals surface area (Å²) in [6.45, 7) is 0.586. The summed E-state index contributed by atoms with van der Waals surface area (Å²) < 4.78 is 24.2. The molecule has 9 heteroatoms. The molecule has 0 aromatic rings. The Kier molecular flexibility index (Phi) is 4.91. The van der Waals surface area contributed by atoms with Crippen molar-refractivity contribution < 1.29 is 13.6 Å². The quantitative estimate of drug-likeness (QED) is 0.482. The number of hydrogen-bond acceptors (Lipinski definition) is 3. The predicted molar refractivity (Wildman–Crippen MR) is 57.5 cm³/mol. The van der Waals surface area contributed by atoms with E-state index < -0.39 is 12.2 Å². The van der Waals surface area contributed by atoms with Gasteiger partial charge in [0.25, 0.3) is 0 Å². The molecule has 1 N–H and O–H groups in total. The van der Waals surface area contributed by atoms with Gasteiger partial charge in [0.05, 0.1) is 6.54 Å². The van der Waals surface area contributed by atoms with E-state index in [1.54, 1.807) is 0 Å². The van der Waals surface area contributed by atoms with Crippen molar-refractivity contribution in [2.45, 2.75) is 12.2 Å². The summed E-state index contributed by atoms with van der Waals surface area (Å²) in [6.07, 6.45) is 1.47. The standard InChI is InChI=1S/C7H8Cl2F2N4O/c1-2-3-12-7-14-4(8)13-5(9)15(7)16-6(10)11/h2,5-6H,1,3H2,(H,12,13,14). The van der Waals surface area contributed by atoms with Crippen molar-refractivity contribution in [3.05, 3.63) is 12.7 Å². The zero-order valence-corrected chi connectivity index (χ0v) is 9.42. The van der Waals surface area contributed by atoms with Crippen molar-refractivity contribution in [2.24, 2.45) is 9.98 Å². The zero-order chi connectivity index (χ0) is 12.1. The molecule has 90 valence electrons. The fourth-order valence-corrected chi connectivity index (χ4v) is 1.34. The minimum atomic E-state index is -3.04. The van der Waals surface area contributed by atoms with Crippen molar-refractivity contribution in [1.29, 1.82) is 0 Å². The summed E-state index contributed by atoms with van der Waals surface area (Å²) in [4.78, 5) is 11.6. The Morgan fingerprint density at radius 2 is 2.44 bits per heavy atom. The average Bonchev–Trinajstić information content (AvgIpc) is 2.19. The molecule has 0 amide bonds. The summed E-state index contributed by atoms with van der Waals surface area (Å²) in [5, 5.41) is 3.01. The van der Waals surface area contributed by atoms with E-state index in [2.05, 4.69) is 26.7 Å². The normalized spacial score (nSPS) is 23.3. The monoisotopic (exact) mass is 272 g/mol. The lowest BCUT2D eigenvalue weighted by molar-refractivity contribution is -0.255. The minimum Gasteiger partial charge on any atom is -0.299 e. The van der Waals surface area contributed by atoms with Gasteiger partial charge in [-0.25, -0.2) is 9.98 Å². The fourth-order valence-electron chi connectivity index (χ4n) is 0.873. The molecule has 1 unspecified atom stereocenters. The first-order valence-corrected chi connectivity index (χ1v) is 4.90. The van der Waals surface area contributed by atoms with Gasteiger partial charge in [-0.2, -0.15) is 18.7 Å². The van der Waals surface area contributed by atoms with Crippen LogP contribution in [0.2, 0.25) is 0 Å². The van der Waals surface area contributed by atoms with Gasteiger partial charge in [0.15, 0.2) is 0 Å². The second-order valence-corrected chi connectivity index (χ2v) is 3.25. The van der Waals surface area contributed by atoms with Crippen molar-refractivity contribution in [2.75, 3.05) is 6.54 Å². The highest BCUT2D eigenvalue weighted by Crippen LogP contribution is 2.15. The van der Waals surface area contributed by atoms with Gasteiger partial charge in [-0.05, 0) is 11.6 Å². The minimum absolute atomic E-state index is 0.0554. The molecule has 0 aromatic carbocycles. The lowest BCUT2D eigenvalue weighted by Crippen LogP contribution is -2.51. The lowest BCUT2D eigenvalue weighted by Gasteiger charge is -2.29. The molecule has 0 saturated heterocycles. The third-order valence-corrected chi connectivity index (χ3v) is 1.87. The maximum Gasteiger partial charge on any atom is 0.365 e. The first-order valence-electron chi connectivity index (χ1n) is 4.08. The van der Waals surface area contributed by atoms with E-state index in [9.17, 15) is 8.78 Å². The Balaban J connectivity index is 2.85. The number of rotatable bonds is 4. The second-order valence-electron chi connectivity index (χ2n) is 2.50. The summed E-state index contributed by atoms with van der Waals surface area (Å²) in [5.41, 5.74) is -1.20. The van der Waals surface area contributed by atoms with E-state index in [4.69, 9.17) is 23.2 Å². The Bertz CT molecular complexity index is 324. The van der Waals surface area contributed by atoms with Gasteiger partial charge >= 0.3 is 6.61 Å². The molecule has 16 heavy (non-hydrogen) atoms. The van der Waals surface area contributed by atoms with Gasteiger partial charge < -0.3 is 0 Å². The van der Waals surface area contributed by atoms with E-state index in [0.717, 1.165) is 0 Å². The molecule has 0 spiro atoms. The van der Waals surface area contributed by atoms with Crippen LogP contribution < -0.4 is 5.32 Å². The van der Waals surface area contributed by atoms with Crippen LogP contribution in [-0.4, -0.2) is 35.1 Å². The molecular weight excluding hydrogens is 265 g/mol. The van der Waals surface area contributed by atoms with Crippen molar-refractivity contribution in [3.63, 3.8) is 0 Å². The van der Waals surface area contributed by atoms with E-state index in [0.29, 0.717) is 5.06 Å².